The van der Waals surface area contributed by atoms with Crippen LogP contribution in [-0.2, 0) is 0 Å². The minimum Gasteiger partial charge on any atom is -0.456 e. The van der Waals surface area contributed by atoms with E-state index >= 15 is 0 Å². The molecule has 18 heavy (non-hydrogen) atoms. The summed E-state index contributed by atoms with van der Waals surface area (Å²) in [6.07, 6.45) is 4.51. The van der Waals surface area contributed by atoms with Gasteiger partial charge in [0.25, 0.3) is 0 Å². The largest absolute Gasteiger partial charge is 0.456 e. The molecule has 0 aliphatic carbocycles. The van der Waals surface area contributed by atoms with Crippen LogP contribution in [0.2, 0.25) is 0 Å². The number of aromatic nitrogens is 2. The molecule has 2 rings (SSSR count). The lowest BCUT2D eigenvalue weighted by Gasteiger charge is -2.08. The number of hydrogen-bond donors (Lipinski definition) is 1. The summed E-state index contributed by atoms with van der Waals surface area (Å²) in [6.45, 7) is 4.97. The van der Waals surface area contributed by atoms with Gasteiger partial charge in [-0.05, 0) is 31.5 Å². The molecule has 4 nitrogen and oxygen atoms in total. The zero-order valence-corrected chi connectivity index (χ0v) is 10.7. The SMILES string of the molecule is CCCNc1cc(Oc2ccc(C)nc2)ccn1. The maximum absolute atomic E-state index is 5.71. The predicted molar refractivity (Wildman–Crippen MR) is 72.1 cm³/mol. The van der Waals surface area contributed by atoms with Crippen molar-refractivity contribution in [3.63, 3.8) is 0 Å². The lowest BCUT2D eigenvalue weighted by molar-refractivity contribution is 0.479. The molecule has 0 bridgehead atoms. The summed E-state index contributed by atoms with van der Waals surface area (Å²) >= 11 is 0. The lowest BCUT2D eigenvalue weighted by Crippen LogP contribution is -2.01. The third kappa shape index (κ3) is 3.45. The molecule has 2 aromatic heterocycles. The highest BCUT2D eigenvalue weighted by Crippen LogP contribution is 2.22. The molecule has 2 aromatic rings. The Kier molecular flexibility index (Phi) is 4.12. The minimum absolute atomic E-state index is 0.730. The molecule has 94 valence electrons. The van der Waals surface area contributed by atoms with E-state index in [4.69, 9.17) is 4.74 Å². The Morgan fingerprint density at radius 3 is 2.78 bits per heavy atom. The zero-order chi connectivity index (χ0) is 12.8. The van der Waals surface area contributed by atoms with Crippen LogP contribution >= 0.6 is 0 Å². The van der Waals surface area contributed by atoms with Crippen LogP contribution in [0, 0.1) is 6.92 Å². The summed E-state index contributed by atoms with van der Waals surface area (Å²) < 4.78 is 5.71. The minimum atomic E-state index is 0.730. The average molecular weight is 243 g/mol. The first kappa shape index (κ1) is 12.4. The van der Waals surface area contributed by atoms with Gasteiger partial charge in [-0.2, -0.15) is 0 Å². The summed E-state index contributed by atoms with van der Waals surface area (Å²) in [6, 6.07) is 7.54. The van der Waals surface area contributed by atoms with Crippen molar-refractivity contribution in [2.45, 2.75) is 20.3 Å². The van der Waals surface area contributed by atoms with Gasteiger partial charge in [0.15, 0.2) is 0 Å². The van der Waals surface area contributed by atoms with Crippen molar-refractivity contribution in [1.29, 1.82) is 0 Å². The number of anilines is 1. The van der Waals surface area contributed by atoms with E-state index in [1.165, 1.54) is 0 Å². The number of nitrogens with zero attached hydrogens (tertiary/aromatic N) is 2. The van der Waals surface area contributed by atoms with E-state index in [2.05, 4.69) is 22.2 Å². The van der Waals surface area contributed by atoms with Gasteiger partial charge < -0.3 is 10.1 Å². The molecule has 2 heterocycles. The number of aryl methyl sites for hydroxylation is 1. The van der Waals surface area contributed by atoms with E-state index in [0.29, 0.717) is 0 Å². The molecule has 0 fully saturated rings. The Morgan fingerprint density at radius 2 is 2.06 bits per heavy atom. The molecule has 0 atom stereocenters. The van der Waals surface area contributed by atoms with Gasteiger partial charge in [0.2, 0.25) is 0 Å². The van der Waals surface area contributed by atoms with Gasteiger partial charge in [0.1, 0.15) is 17.3 Å². The summed E-state index contributed by atoms with van der Waals surface area (Å²) in [5.41, 5.74) is 0.974. The maximum Gasteiger partial charge on any atom is 0.145 e. The Hall–Kier alpha value is -2.10. The van der Waals surface area contributed by atoms with Gasteiger partial charge in [0.05, 0.1) is 6.20 Å². The van der Waals surface area contributed by atoms with E-state index < -0.39 is 0 Å². The van der Waals surface area contributed by atoms with Crippen LogP contribution in [-0.4, -0.2) is 16.5 Å². The molecule has 0 saturated carbocycles. The van der Waals surface area contributed by atoms with Crippen molar-refractivity contribution in [2.75, 3.05) is 11.9 Å². The van der Waals surface area contributed by atoms with E-state index in [1.807, 2.05) is 31.2 Å². The Labute approximate surface area is 107 Å². The van der Waals surface area contributed by atoms with Gasteiger partial charge in [0, 0.05) is 24.5 Å². The Balaban J connectivity index is 2.06. The fourth-order valence-electron chi connectivity index (χ4n) is 1.48. The molecule has 0 aromatic carbocycles. The van der Waals surface area contributed by atoms with Crippen LogP contribution < -0.4 is 10.1 Å². The zero-order valence-electron chi connectivity index (χ0n) is 10.7. The molecule has 0 spiro atoms. The van der Waals surface area contributed by atoms with Crippen molar-refractivity contribution in [3.05, 3.63) is 42.4 Å². The van der Waals surface area contributed by atoms with Gasteiger partial charge in [-0.1, -0.05) is 6.92 Å². The van der Waals surface area contributed by atoms with E-state index in [-0.39, 0.29) is 0 Å². The topological polar surface area (TPSA) is 47.0 Å². The highest BCUT2D eigenvalue weighted by molar-refractivity contribution is 5.42. The highest BCUT2D eigenvalue weighted by atomic mass is 16.5. The standard InChI is InChI=1S/C14H17N3O/c1-3-7-15-14-9-12(6-8-16-14)18-13-5-4-11(2)17-10-13/h4-6,8-10H,3,7H2,1-2H3,(H,15,16). The molecular weight excluding hydrogens is 226 g/mol. The van der Waals surface area contributed by atoms with Crippen LogP contribution in [0.1, 0.15) is 19.0 Å². The second-order valence-corrected chi connectivity index (χ2v) is 4.04. The first-order chi connectivity index (χ1) is 8.78. The maximum atomic E-state index is 5.71. The number of nitrogens with one attached hydrogen (secondary N) is 1. The van der Waals surface area contributed by atoms with Gasteiger partial charge in [-0.3, -0.25) is 4.98 Å². The number of ether oxygens (including phenoxy) is 1. The number of hydrogen-bond acceptors (Lipinski definition) is 4. The summed E-state index contributed by atoms with van der Waals surface area (Å²) in [5, 5.41) is 3.22. The lowest BCUT2D eigenvalue weighted by atomic mass is 10.3. The fraction of sp³-hybridized carbons (Fsp3) is 0.286. The van der Waals surface area contributed by atoms with Crippen molar-refractivity contribution in [2.24, 2.45) is 0 Å². The van der Waals surface area contributed by atoms with Crippen molar-refractivity contribution < 1.29 is 4.74 Å². The summed E-state index contributed by atoms with van der Waals surface area (Å²) in [7, 11) is 0. The molecular formula is C14H17N3O. The van der Waals surface area contributed by atoms with Gasteiger partial charge >= 0.3 is 0 Å². The van der Waals surface area contributed by atoms with E-state index in [0.717, 1.165) is 36.0 Å². The third-order valence-electron chi connectivity index (χ3n) is 2.41. The molecule has 0 aliphatic rings. The molecule has 0 unspecified atom stereocenters. The Bertz CT molecular complexity index is 497. The Morgan fingerprint density at radius 1 is 1.17 bits per heavy atom. The molecule has 0 aliphatic heterocycles. The van der Waals surface area contributed by atoms with Crippen LogP contribution in [0.4, 0.5) is 5.82 Å². The molecule has 0 amide bonds. The first-order valence-corrected chi connectivity index (χ1v) is 6.08. The third-order valence-corrected chi connectivity index (χ3v) is 2.41. The smallest absolute Gasteiger partial charge is 0.145 e. The first-order valence-electron chi connectivity index (χ1n) is 6.08. The fourth-order valence-corrected chi connectivity index (χ4v) is 1.48. The van der Waals surface area contributed by atoms with Crippen LogP contribution in [0.5, 0.6) is 11.5 Å². The number of rotatable bonds is 5. The average Bonchev–Trinajstić information content (AvgIpc) is 2.40. The van der Waals surface area contributed by atoms with Crippen molar-refractivity contribution >= 4 is 5.82 Å². The molecule has 0 saturated heterocycles. The molecule has 0 radical (unpaired) electrons. The van der Waals surface area contributed by atoms with Crippen molar-refractivity contribution in [3.8, 4) is 11.5 Å². The second-order valence-electron chi connectivity index (χ2n) is 4.04. The second kappa shape index (κ2) is 6.00. The molecule has 1 N–H and O–H groups in total. The highest BCUT2D eigenvalue weighted by Gasteiger charge is 2.00. The summed E-state index contributed by atoms with van der Waals surface area (Å²) in [5.74, 6) is 2.32. The monoisotopic (exact) mass is 243 g/mol. The van der Waals surface area contributed by atoms with Crippen LogP contribution in [0.3, 0.4) is 0 Å². The normalized spacial score (nSPS) is 10.1. The van der Waals surface area contributed by atoms with E-state index in [1.54, 1.807) is 12.4 Å². The quantitative estimate of drug-likeness (QED) is 0.874. The van der Waals surface area contributed by atoms with E-state index in [9.17, 15) is 0 Å². The molecule has 4 heteroatoms. The summed E-state index contributed by atoms with van der Waals surface area (Å²) in [4.78, 5) is 8.42. The number of pyridine rings is 2. The van der Waals surface area contributed by atoms with Gasteiger partial charge in [-0.25, -0.2) is 4.98 Å². The van der Waals surface area contributed by atoms with Crippen LogP contribution in [0.25, 0.3) is 0 Å². The predicted octanol–water partition coefficient (Wildman–Crippen LogP) is 3.40. The van der Waals surface area contributed by atoms with Crippen LogP contribution in [0.15, 0.2) is 36.7 Å². The van der Waals surface area contributed by atoms with Gasteiger partial charge in [-0.15, -0.1) is 0 Å². The van der Waals surface area contributed by atoms with Crippen molar-refractivity contribution in [1.82, 2.24) is 9.97 Å².